The minimum atomic E-state index is -0.0180. The summed E-state index contributed by atoms with van der Waals surface area (Å²) in [5, 5.41) is 3.58. The molecule has 1 saturated carbocycles. The summed E-state index contributed by atoms with van der Waals surface area (Å²) < 4.78 is 0. The monoisotopic (exact) mass is 286 g/mol. The van der Waals surface area contributed by atoms with Gasteiger partial charge in [0.2, 0.25) is 5.91 Å². The van der Waals surface area contributed by atoms with Gasteiger partial charge in [-0.05, 0) is 44.2 Å². The molecule has 1 aromatic rings. The van der Waals surface area contributed by atoms with Crippen LogP contribution in [0.4, 0.5) is 0 Å². The average molecular weight is 286 g/mol. The Bertz CT molecular complexity index is 534. The smallest absolute Gasteiger partial charge is 0.241 e. The van der Waals surface area contributed by atoms with Gasteiger partial charge in [0, 0.05) is 6.04 Å². The second kappa shape index (κ2) is 5.80. The molecule has 1 aliphatic heterocycles. The van der Waals surface area contributed by atoms with E-state index in [0.717, 1.165) is 19.3 Å². The lowest BCUT2D eigenvalue weighted by atomic mass is 10.0. The van der Waals surface area contributed by atoms with Gasteiger partial charge in [-0.1, -0.05) is 43.5 Å². The summed E-state index contributed by atoms with van der Waals surface area (Å²) in [5.41, 5.74) is 3.80. The van der Waals surface area contributed by atoms with Crippen LogP contribution in [0.1, 0.15) is 61.9 Å². The van der Waals surface area contributed by atoms with Crippen LogP contribution >= 0.6 is 0 Å². The molecule has 1 saturated heterocycles. The van der Waals surface area contributed by atoms with Crippen molar-refractivity contribution >= 4 is 5.91 Å². The number of nitrogens with zero attached hydrogens (tertiary/aromatic N) is 1. The number of nitrogens with one attached hydrogen (secondary N) is 1. The van der Waals surface area contributed by atoms with Crippen LogP contribution in [0.3, 0.4) is 0 Å². The molecule has 0 spiro atoms. The molecule has 1 aliphatic carbocycles. The number of rotatable bonds is 3. The van der Waals surface area contributed by atoms with Gasteiger partial charge < -0.3 is 4.90 Å². The molecular formula is C18H26N2O. The van der Waals surface area contributed by atoms with Gasteiger partial charge in [-0.15, -0.1) is 0 Å². The zero-order chi connectivity index (χ0) is 15.0. The molecule has 2 aliphatic rings. The summed E-state index contributed by atoms with van der Waals surface area (Å²) in [4.78, 5) is 14.9. The fraction of sp³-hybridized carbons (Fsp3) is 0.611. The predicted molar refractivity (Wildman–Crippen MR) is 85.0 cm³/mol. The third-order valence-corrected chi connectivity index (χ3v) is 5.05. The van der Waals surface area contributed by atoms with E-state index in [4.69, 9.17) is 0 Å². The SMILES string of the molecule is CCC1NC(c2cc(C)ccc2C)N(C2CCCC2)C1=O. The first-order chi connectivity index (χ1) is 10.1. The lowest BCUT2D eigenvalue weighted by molar-refractivity contribution is -0.132. The molecule has 0 aromatic heterocycles. The number of amides is 1. The topological polar surface area (TPSA) is 32.3 Å². The minimum Gasteiger partial charge on any atom is -0.319 e. The molecule has 1 amide bonds. The molecule has 1 heterocycles. The maximum Gasteiger partial charge on any atom is 0.241 e. The highest BCUT2D eigenvalue weighted by Crippen LogP contribution is 2.36. The molecule has 114 valence electrons. The Balaban J connectivity index is 1.97. The van der Waals surface area contributed by atoms with E-state index in [2.05, 4.69) is 49.2 Å². The number of carbonyl (C=O) groups is 1. The van der Waals surface area contributed by atoms with Crippen molar-refractivity contribution in [2.45, 2.75) is 71.1 Å². The quantitative estimate of drug-likeness (QED) is 0.923. The number of aryl methyl sites for hydroxylation is 2. The Kier molecular flexibility index (Phi) is 4.03. The summed E-state index contributed by atoms with van der Waals surface area (Å²) >= 11 is 0. The average Bonchev–Trinajstić information content (AvgIpc) is 3.08. The van der Waals surface area contributed by atoms with E-state index in [-0.39, 0.29) is 12.2 Å². The van der Waals surface area contributed by atoms with Crippen LogP contribution in [0.5, 0.6) is 0 Å². The summed E-state index contributed by atoms with van der Waals surface area (Å²) in [7, 11) is 0. The molecule has 3 heteroatoms. The summed E-state index contributed by atoms with van der Waals surface area (Å²) in [6, 6.07) is 6.96. The van der Waals surface area contributed by atoms with Crippen LogP contribution in [0, 0.1) is 13.8 Å². The third-order valence-electron chi connectivity index (χ3n) is 5.05. The van der Waals surface area contributed by atoms with Crippen LogP contribution in [0.2, 0.25) is 0 Å². The summed E-state index contributed by atoms with van der Waals surface area (Å²) in [6.45, 7) is 6.36. The van der Waals surface area contributed by atoms with Gasteiger partial charge in [-0.2, -0.15) is 0 Å². The molecule has 2 unspecified atom stereocenters. The van der Waals surface area contributed by atoms with Gasteiger partial charge in [0.1, 0.15) is 6.17 Å². The summed E-state index contributed by atoms with van der Waals surface area (Å²) in [5.74, 6) is 0.301. The van der Waals surface area contributed by atoms with E-state index in [1.54, 1.807) is 0 Å². The van der Waals surface area contributed by atoms with Crippen LogP contribution in [-0.2, 0) is 4.79 Å². The highest BCUT2D eigenvalue weighted by atomic mass is 16.2. The van der Waals surface area contributed by atoms with E-state index in [9.17, 15) is 4.79 Å². The second-order valence-electron chi connectivity index (χ2n) is 6.57. The highest BCUT2D eigenvalue weighted by molar-refractivity contribution is 5.85. The van der Waals surface area contributed by atoms with Gasteiger partial charge >= 0.3 is 0 Å². The molecular weight excluding hydrogens is 260 g/mol. The minimum absolute atomic E-state index is 0.0180. The zero-order valence-corrected chi connectivity index (χ0v) is 13.4. The first-order valence-electron chi connectivity index (χ1n) is 8.27. The van der Waals surface area contributed by atoms with Crippen molar-refractivity contribution in [1.82, 2.24) is 10.2 Å². The van der Waals surface area contributed by atoms with Crippen LogP contribution in [0.25, 0.3) is 0 Å². The van der Waals surface area contributed by atoms with Crippen molar-refractivity contribution in [2.24, 2.45) is 0 Å². The number of hydrogen-bond acceptors (Lipinski definition) is 2. The molecule has 2 fully saturated rings. The van der Waals surface area contributed by atoms with Gasteiger partial charge in [0.25, 0.3) is 0 Å². The standard InChI is InChI=1S/C18H26N2O/c1-4-16-18(21)20(14-7-5-6-8-14)17(19-16)15-11-12(2)9-10-13(15)3/h9-11,14,16-17,19H,4-8H2,1-3H3. The van der Waals surface area contributed by atoms with Gasteiger partial charge in [-0.3, -0.25) is 10.1 Å². The fourth-order valence-electron chi connectivity index (χ4n) is 3.81. The second-order valence-corrected chi connectivity index (χ2v) is 6.57. The van der Waals surface area contributed by atoms with Crippen molar-refractivity contribution in [3.8, 4) is 0 Å². The lowest BCUT2D eigenvalue weighted by Gasteiger charge is -2.31. The molecule has 2 atom stereocenters. The molecule has 21 heavy (non-hydrogen) atoms. The number of carbonyl (C=O) groups excluding carboxylic acids is 1. The van der Waals surface area contributed by atoms with Crippen LogP contribution in [-0.4, -0.2) is 22.9 Å². The number of hydrogen-bond donors (Lipinski definition) is 1. The third kappa shape index (κ3) is 2.59. The van der Waals surface area contributed by atoms with Crippen molar-refractivity contribution in [2.75, 3.05) is 0 Å². The first kappa shape index (κ1) is 14.6. The summed E-state index contributed by atoms with van der Waals surface area (Å²) in [6.07, 6.45) is 5.75. The molecule has 3 nitrogen and oxygen atoms in total. The van der Waals surface area contributed by atoms with Gasteiger partial charge in [0.05, 0.1) is 6.04 Å². The lowest BCUT2D eigenvalue weighted by Crippen LogP contribution is -2.38. The molecule has 1 aromatic carbocycles. The van der Waals surface area contributed by atoms with Crippen molar-refractivity contribution in [3.05, 3.63) is 34.9 Å². The maximum absolute atomic E-state index is 12.8. The number of benzene rings is 1. The van der Waals surface area contributed by atoms with E-state index in [1.165, 1.54) is 29.5 Å². The van der Waals surface area contributed by atoms with E-state index in [0.29, 0.717) is 11.9 Å². The molecule has 0 radical (unpaired) electrons. The predicted octanol–water partition coefficient (Wildman–Crippen LogP) is 3.46. The fourth-order valence-corrected chi connectivity index (χ4v) is 3.81. The zero-order valence-electron chi connectivity index (χ0n) is 13.4. The molecule has 3 rings (SSSR count). The van der Waals surface area contributed by atoms with E-state index < -0.39 is 0 Å². The highest BCUT2D eigenvalue weighted by Gasteiger charge is 2.43. The van der Waals surface area contributed by atoms with Crippen molar-refractivity contribution < 1.29 is 4.79 Å². The van der Waals surface area contributed by atoms with Crippen molar-refractivity contribution in [1.29, 1.82) is 0 Å². The Morgan fingerprint density at radius 1 is 1.24 bits per heavy atom. The Hall–Kier alpha value is -1.35. The normalized spacial score (nSPS) is 26.8. The van der Waals surface area contributed by atoms with Gasteiger partial charge in [-0.25, -0.2) is 0 Å². The van der Waals surface area contributed by atoms with Crippen LogP contribution < -0.4 is 5.32 Å². The largest absolute Gasteiger partial charge is 0.319 e. The Labute approximate surface area is 127 Å². The van der Waals surface area contributed by atoms with Gasteiger partial charge in [0.15, 0.2) is 0 Å². The Morgan fingerprint density at radius 2 is 1.95 bits per heavy atom. The van der Waals surface area contributed by atoms with E-state index in [1.807, 2.05) is 0 Å². The van der Waals surface area contributed by atoms with Crippen molar-refractivity contribution in [3.63, 3.8) is 0 Å². The maximum atomic E-state index is 12.8. The molecule has 0 bridgehead atoms. The molecule has 1 N–H and O–H groups in total. The van der Waals surface area contributed by atoms with Crippen LogP contribution in [0.15, 0.2) is 18.2 Å². The van der Waals surface area contributed by atoms with E-state index >= 15 is 0 Å². The first-order valence-corrected chi connectivity index (χ1v) is 8.27. The Morgan fingerprint density at radius 3 is 2.62 bits per heavy atom.